The molecule has 1 unspecified atom stereocenters. The lowest BCUT2D eigenvalue weighted by atomic mass is 9.96. The number of fused-ring (bicyclic) bond motifs is 1. The minimum Gasteiger partial charge on any atom is -0.464 e. The molecule has 0 N–H and O–H groups in total. The largest absolute Gasteiger partial charge is 0.464 e. The topological polar surface area (TPSA) is 55.3 Å². The van der Waals surface area contributed by atoms with Gasteiger partial charge in [-0.25, -0.2) is 4.98 Å². The van der Waals surface area contributed by atoms with E-state index in [0.717, 1.165) is 68.4 Å². The fraction of sp³-hybridized carbons (Fsp3) is 0.522. The molecule has 0 bridgehead atoms. The van der Waals surface area contributed by atoms with Crippen molar-refractivity contribution in [3.05, 3.63) is 41.6 Å². The molecule has 1 aliphatic rings. The molecular formula is C23H31N3O2. The molecule has 5 heteroatoms. The summed E-state index contributed by atoms with van der Waals surface area (Å²) < 4.78 is 6.17. The maximum atomic E-state index is 12.9. The third-order valence-corrected chi connectivity index (χ3v) is 5.11. The standard InChI is InChI=1S/C23H31N3O2/c1-4-15-26(16-5-2)23(27)17(3)28-22-19-13-9-10-14-20(19)24-21(25-22)18-11-7-6-8-12-18/h6-8,11-12,17H,4-5,9-10,13-16H2,1-3H3. The number of benzene rings is 1. The Labute approximate surface area is 168 Å². The van der Waals surface area contributed by atoms with Crippen LogP contribution in [0, 0.1) is 0 Å². The van der Waals surface area contributed by atoms with Gasteiger partial charge in [0.05, 0.1) is 5.69 Å². The van der Waals surface area contributed by atoms with E-state index in [1.54, 1.807) is 0 Å². The monoisotopic (exact) mass is 381 g/mol. The first-order valence-corrected chi connectivity index (χ1v) is 10.5. The van der Waals surface area contributed by atoms with Crippen LogP contribution in [0.2, 0.25) is 0 Å². The summed E-state index contributed by atoms with van der Waals surface area (Å²) in [5.74, 6) is 1.29. The highest BCUT2D eigenvalue weighted by Crippen LogP contribution is 2.30. The highest BCUT2D eigenvalue weighted by molar-refractivity contribution is 5.81. The Kier molecular flexibility index (Phi) is 7.01. The first-order chi connectivity index (χ1) is 13.6. The van der Waals surface area contributed by atoms with Gasteiger partial charge in [0.15, 0.2) is 11.9 Å². The van der Waals surface area contributed by atoms with Crippen molar-refractivity contribution in [3.63, 3.8) is 0 Å². The Morgan fingerprint density at radius 1 is 1.07 bits per heavy atom. The van der Waals surface area contributed by atoms with Crippen LogP contribution in [0.25, 0.3) is 11.4 Å². The summed E-state index contributed by atoms with van der Waals surface area (Å²) >= 11 is 0. The lowest BCUT2D eigenvalue weighted by Gasteiger charge is -2.26. The first kappa shape index (κ1) is 20.3. The zero-order valence-electron chi connectivity index (χ0n) is 17.3. The highest BCUT2D eigenvalue weighted by Gasteiger charge is 2.25. The van der Waals surface area contributed by atoms with E-state index >= 15 is 0 Å². The van der Waals surface area contributed by atoms with Crippen LogP contribution in [-0.2, 0) is 17.6 Å². The predicted octanol–water partition coefficient (Wildman–Crippen LogP) is 4.44. The summed E-state index contributed by atoms with van der Waals surface area (Å²) in [6.07, 6.45) is 5.43. The van der Waals surface area contributed by atoms with Crippen molar-refractivity contribution < 1.29 is 9.53 Å². The molecular weight excluding hydrogens is 350 g/mol. The first-order valence-electron chi connectivity index (χ1n) is 10.5. The summed E-state index contributed by atoms with van der Waals surface area (Å²) in [5.41, 5.74) is 3.11. The van der Waals surface area contributed by atoms with Gasteiger partial charge < -0.3 is 9.64 Å². The van der Waals surface area contributed by atoms with Crippen molar-refractivity contribution in [2.45, 2.75) is 65.4 Å². The average Bonchev–Trinajstić information content (AvgIpc) is 2.73. The van der Waals surface area contributed by atoms with E-state index in [-0.39, 0.29) is 5.91 Å². The predicted molar refractivity (Wildman–Crippen MR) is 111 cm³/mol. The molecule has 0 aliphatic heterocycles. The molecule has 1 heterocycles. The molecule has 0 spiro atoms. The lowest BCUT2D eigenvalue weighted by molar-refractivity contribution is -0.138. The average molecular weight is 382 g/mol. The Bertz CT molecular complexity index is 786. The van der Waals surface area contributed by atoms with E-state index in [0.29, 0.717) is 11.7 Å². The molecule has 1 aliphatic carbocycles. The third-order valence-electron chi connectivity index (χ3n) is 5.11. The van der Waals surface area contributed by atoms with Crippen LogP contribution in [0.4, 0.5) is 0 Å². The van der Waals surface area contributed by atoms with Gasteiger partial charge >= 0.3 is 0 Å². The summed E-state index contributed by atoms with van der Waals surface area (Å²) in [6.45, 7) is 7.54. The second kappa shape index (κ2) is 9.67. The van der Waals surface area contributed by atoms with Crippen LogP contribution in [0.3, 0.4) is 0 Å². The van der Waals surface area contributed by atoms with E-state index in [9.17, 15) is 4.79 Å². The minimum atomic E-state index is -0.553. The molecule has 0 saturated carbocycles. The lowest BCUT2D eigenvalue weighted by Crippen LogP contribution is -2.41. The van der Waals surface area contributed by atoms with Crippen molar-refractivity contribution in [3.8, 4) is 17.3 Å². The van der Waals surface area contributed by atoms with E-state index in [2.05, 4.69) is 13.8 Å². The zero-order chi connectivity index (χ0) is 19.9. The molecule has 3 rings (SSSR count). The van der Waals surface area contributed by atoms with Crippen molar-refractivity contribution in [2.75, 3.05) is 13.1 Å². The molecule has 1 atom stereocenters. The van der Waals surface area contributed by atoms with Crippen LogP contribution >= 0.6 is 0 Å². The second-order valence-corrected chi connectivity index (χ2v) is 7.44. The number of nitrogens with zero attached hydrogens (tertiary/aromatic N) is 3. The van der Waals surface area contributed by atoms with Gasteiger partial charge in [-0.05, 0) is 45.4 Å². The van der Waals surface area contributed by atoms with E-state index in [1.165, 1.54) is 0 Å². The number of carbonyl (C=O) groups is 1. The Hall–Kier alpha value is -2.43. The number of hydrogen-bond acceptors (Lipinski definition) is 4. The normalized spacial score (nSPS) is 14.2. The van der Waals surface area contributed by atoms with Gasteiger partial charge in [-0.2, -0.15) is 4.98 Å². The number of amides is 1. The van der Waals surface area contributed by atoms with Gasteiger partial charge in [0.1, 0.15) is 0 Å². The van der Waals surface area contributed by atoms with E-state index in [1.807, 2.05) is 42.2 Å². The number of ether oxygens (including phenoxy) is 1. The quantitative estimate of drug-likeness (QED) is 0.678. The van der Waals surface area contributed by atoms with Gasteiger partial charge in [-0.1, -0.05) is 44.2 Å². The molecule has 0 radical (unpaired) electrons. The molecule has 1 aromatic heterocycles. The molecule has 1 amide bonds. The molecule has 28 heavy (non-hydrogen) atoms. The molecule has 0 saturated heterocycles. The third kappa shape index (κ3) is 4.70. The second-order valence-electron chi connectivity index (χ2n) is 7.44. The number of rotatable bonds is 8. The van der Waals surface area contributed by atoms with Crippen molar-refractivity contribution in [2.24, 2.45) is 0 Å². The van der Waals surface area contributed by atoms with Gasteiger partial charge in [-0.3, -0.25) is 4.79 Å². The van der Waals surface area contributed by atoms with Crippen molar-refractivity contribution in [1.29, 1.82) is 0 Å². The van der Waals surface area contributed by atoms with Crippen LogP contribution in [0.15, 0.2) is 30.3 Å². The number of aryl methyl sites for hydroxylation is 1. The number of carbonyl (C=O) groups excluding carboxylic acids is 1. The van der Waals surface area contributed by atoms with E-state index < -0.39 is 6.10 Å². The van der Waals surface area contributed by atoms with Gasteiger partial charge in [-0.15, -0.1) is 0 Å². The molecule has 2 aromatic rings. The Morgan fingerprint density at radius 2 is 1.75 bits per heavy atom. The van der Waals surface area contributed by atoms with Crippen molar-refractivity contribution >= 4 is 5.91 Å². The van der Waals surface area contributed by atoms with Gasteiger partial charge in [0, 0.05) is 24.2 Å². The van der Waals surface area contributed by atoms with Crippen LogP contribution in [-0.4, -0.2) is 40.0 Å². The van der Waals surface area contributed by atoms with Gasteiger partial charge in [0.2, 0.25) is 5.88 Å². The number of hydrogen-bond donors (Lipinski definition) is 0. The Balaban J connectivity index is 1.88. The molecule has 0 fully saturated rings. The van der Waals surface area contributed by atoms with E-state index in [4.69, 9.17) is 14.7 Å². The molecule has 5 nitrogen and oxygen atoms in total. The number of aromatic nitrogens is 2. The van der Waals surface area contributed by atoms with Crippen LogP contribution in [0.5, 0.6) is 5.88 Å². The Morgan fingerprint density at radius 3 is 2.43 bits per heavy atom. The SMILES string of the molecule is CCCN(CCC)C(=O)C(C)Oc1nc(-c2ccccc2)nc2c1CCCC2. The van der Waals surface area contributed by atoms with Crippen LogP contribution in [0.1, 0.15) is 57.7 Å². The molecule has 150 valence electrons. The summed E-state index contributed by atoms with van der Waals surface area (Å²) in [6, 6.07) is 9.97. The van der Waals surface area contributed by atoms with Gasteiger partial charge in [0.25, 0.3) is 5.91 Å². The minimum absolute atomic E-state index is 0.0353. The zero-order valence-corrected chi connectivity index (χ0v) is 17.3. The fourth-order valence-electron chi connectivity index (χ4n) is 3.72. The van der Waals surface area contributed by atoms with Crippen LogP contribution < -0.4 is 4.74 Å². The summed E-state index contributed by atoms with van der Waals surface area (Å²) in [5, 5.41) is 0. The fourth-order valence-corrected chi connectivity index (χ4v) is 3.72. The summed E-state index contributed by atoms with van der Waals surface area (Å²) in [4.78, 5) is 24.3. The van der Waals surface area contributed by atoms with Crippen molar-refractivity contribution in [1.82, 2.24) is 14.9 Å². The summed E-state index contributed by atoms with van der Waals surface area (Å²) in [7, 11) is 0. The maximum Gasteiger partial charge on any atom is 0.263 e. The smallest absolute Gasteiger partial charge is 0.263 e. The maximum absolute atomic E-state index is 12.9. The highest BCUT2D eigenvalue weighted by atomic mass is 16.5. The molecule has 1 aromatic carbocycles.